The number of hydrogen-bond acceptors (Lipinski definition) is 6. The van der Waals surface area contributed by atoms with Crippen LogP contribution in [0.4, 0.5) is 0 Å². The number of unbranched alkanes of at least 4 members (excludes halogenated alkanes) is 24. The fourth-order valence-corrected chi connectivity index (χ4v) is 8.06. The molecule has 0 spiro atoms. The highest BCUT2D eigenvalue weighted by Crippen LogP contribution is 2.15. The number of carbonyl (C=O) groups excluding carboxylic acids is 3. The maximum atomic E-state index is 12.8. The molecular weight excluding hydrogens is 889 g/mol. The Balaban J connectivity index is 4.45. The first-order valence-electron chi connectivity index (χ1n) is 29.9. The largest absolute Gasteiger partial charge is 0.462 e. The summed E-state index contributed by atoms with van der Waals surface area (Å²) in [4.78, 5) is 38.1. The van der Waals surface area contributed by atoms with E-state index in [1.54, 1.807) is 0 Å². The van der Waals surface area contributed by atoms with Gasteiger partial charge in [0, 0.05) is 19.3 Å². The van der Waals surface area contributed by atoms with Crippen LogP contribution in [0.3, 0.4) is 0 Å². The van der Waals surface area contributed by atoms with E-state index in [0.717, 1.165) is 96.3 Å². The minimum atomic E-state index is -0.822. The van der Waals surface area contributed by atoms with Crippen molar-refractivity contribution in [2.24, 2.45) is 0 Å². The van der Waals surface area contributed by atoms with E-state index in [2.05, 4.69) is 124 Å². The van der Waals surface area contributed by atoms with Crippen LogP contribution in [0.2, 0.25) is 0 Å². The summed E-state index contributed by atoms with van der Waals surface area (Å²) in [6, 6.07) is 0. The van der Waals surface area contributed by atoms with Crippen LogP contribution >= 0.6 is 0 Å². The molecular formula is C66H110O6. The maximum absolute atomic E-state index is 12.8. The molecule has 0 aliphatic carbocycles. The topological polar surface area (TPSA) is 78.9 Å². The van der Waals surface area contributed by atoms with Crippen LogP contribution in [0.25, 0.3) is 0 Å². The van der Waals surface area contributed by atoms with Gasteiger partial charge in [0.25, 0.3) is 0 Å². The van der Waals surface area contributed by atoms with Crippen LogP contribution in [-0.2, 0) is 28.6 Å². The summed E-state index contributed by atoms with van der Waals surface area (Å²) in [5, 5.41) is 0. The lowest BCUT2D eigenvalue weighted by Crippen LogP contribution is -2.30. The lowest BCUT2D eigenvalue weighted by molar-refractivity contribution is -0.166. The predicted octanol–water partition coefficient (Wildman–Crippen LogP) is 20.3. The minimum Gasteiger partial charge on any atom is -0.462 e. The molecule has 0 fully saturated rings. The van der Waals surface area contributed by atoms with Gasteiger partial charge >= 0.3 is 17.9 Å². The number of rotatable bonds is 53. The molecule has 0 aliphatic heterocycles. The Morgan fingerprint density at radius 1 is 0.292 bits per heavy atom. The van der Waals surface area contributed by atoms with Crippen molar-refractivity contribution >= 4 is 17.9 Å². The summed E-state index contributed by atoms with van der Waals surface area (Å²) in [7, 11) is 0. The van der Waals surface area contributed by atoms with Crippen LogP contribution in [-0.4, -0.2) is 37.2 Å². The molecule has 6 heteroatoms. The Morgan fingerprint density at radius 3 is 0.903 bits per heavy atom. The van der Waals surface area contributed by atoms with Gasteiger partial charge < -0.3 is 14.2 Å². The van der Waals surface area contributed by atoms with Gasteiger partial charge in [-0.2, -0.15) is 0 Å². The second-order valence-electron chi connectivity index (χ2n) is 19.5. The highest BCUT2D eigenvalue weighted by atomic mass is 16.6. The fourth-order valence-electron chi connectivity index (χ4n) is 8.06. The number of hydrogen-bond donors (Lipinski definition) is 0. The van der Waals surface area contributed by atoms with Gasteiger partial charge in [-0.15, -0.1) is 0 Å². The molecule has 0 amide bonds. The predicted molar refractivity (Wildman–Crippen MR) is 311 cm³/mol. The van der Waals surface area contributed by atoms with Gasteiger partial charge in [0.15, 0.2) is 6.10 Å². The average Bonchev–Trinajstić information content (AvgIpc) is 3.38. The first-order valence-corrected chi connectivity index (χ1v) is 29.9. The van der Waals surface area contributed by atoms with Crippen LogP contribution in [0.5, 0.6) is 0 Å². The highest BCUT2D eigenvalue weighted by molar-refractivity contribution is 5.71. The van der Waals surface area contributed by atoms with Crippen molar-refractivity contribution in [3.8, 4) is 0 Å². The third kappa shape index (κ3) is 57.0. The molecule has 6 nitrogen and oxygen atoms in total. The Morgan fingerprint density at radius 2 is 0.569 bits per heavy atom. The van der Waals surface area contributed by atoms with Gasteiger partial charge in [-0.3, -0.25) is 14.4 Å². The molecule has 0 aromatic heterocycles. The lowest BCUT2D eigenvalue weighted by atomic mass is 10.0. The molecule has 0 aliphatic rings. The molecule has 410 valence electrons. The van der Waals surface area contributed by atoms with E-state index in [1.165, 1.54) is 128 Å². The quantitative estimate of drug-likeness (QED) is 0.0261. The normalized spacial score (nSPS) is 12.9. The third-order valence-corrected chi connectivity index (χ3v) is 12.5. The Hall–Kier alpha value is -3.93. The summed E-state index contributed by atoms with van der Waals surface area (Å²) in [5.74, 6) is -1.000. The SMILES string of the molecule is CC/C=C\C/C=C\C/C=C\C/C=C\C/C=C\C/C=C\CCC(=O)OC(COC(=O)CCCCCCCCCC/C=C\C/C=C\C/C=C\CCCCCCC)COC(=O)CCCCCCCCCCCCCC. The van der Waals surface area contributed by atoms with Crippen LogP contribution in [0.1, 0.15) is 271 Å². The minimum absolute atomic E-state index is 0.110. The fraction of sp³-hybridized carbons (Fsp3) is 0.682. The molecule has 1 unspecified atom stereocenters. The van der Waals surface area contributed by atoms with Crippen molar-refractivity contribution in [2.45, 2.75) is 277 Å². The van der Waals surface area contributed by atoms with Crippen molar-refractivity contribution < 1.29 is 28.6 Å². The van der Waals surface area contributed by atoms with Crippen LogP contribution in [0, 0.1) is 0 Å². The molecule has 0 radical (unpaired) electrons. The van der Waals surface area contributed by atoms with Gasteiger partial charge in [-0.05, 0) is 96.3 Å². The summed E-state index contributed by atoms with van der Waals surface area (Å²) in [5.41, 5.74) is 0. The van der Waals surface area contributed by atoms with Gasteiger partial charge in [-0.25, -0.2) is 0 Å². The molecule has 0 N–H and O–H groups in total. The Bertz CT molecular complexity index is 1470. The second-order valence-corrected chi connectivity index (χ2v) is 19.5. The van der Waals surface area contributed by atoms with E-state index in [1.807, 2.05) is 6.08 Å². The summed E-state index contributed by atoms with van der Waals surface area (Å²) < 4.78 is 16.8. The Labute approximate surface area is 444 Å². The van der Waals surface area contributed by atoms with E-state index in [9.17, 15) is 14.4 Å². The third-order valence-electron chi connectivity index (χ3n) is 12.5. The molecule has 0 aromatic rings. The van der Waals surface area contributed by atoms with E-state index in [-0.39, 0.29) is 31.6 Å². The van der Waals surface area contributed by atoms with Gasteiger partial charge in [-0.1, -0.05) is 265 Å². The molecule has 72 heavy (non-hydrogen) atoms. The van der Waals surface area contributed by atoms with Crippen molar-refractivity contribution in [2.75, 3.05) is 13.2 Å². The lowest BCUT2D eigenvalue weighted by Gasteiger charge is -2.18. The first-order chi connectivity index (χ1) is 35.5. The summed E-state index contributed by atoms with van der Waals surface area (Å²) in [6.45, 7) is 6.45. The van der Waals surface area contributed by atoms with Gasteiger partial charge in [0.1, 0.15) is 13.2 Å². The second kappa shape index (κ2) is 59.6. The van der Waals surface area contributed by atoms with Crippen molar-refractivity contribution in [3.05, 3.63) is 109 Å². The van der Waals surface area contributed by atoms with Crippen LogP contribution in [0.15, 0.2) is 109 Å². The maximum Gasteiger partial charge on any atom is 0.306 e. The molecule has 1 atom stereocenters. The summed E-state index contributed by atoms with van der Waals surface area (Å²) in [6.07, 6.45) is 80.9. The Kier molecular flexibility index (Phi) is 56.4. The standard InChI is InChI=1S/C66H110O6/c1-4-7-10-13-16-19-22-25-27-29-31-32-33-34-36-37-39-41-44-47-50-53-56-59-65(68)71-62-63(61-70-64(67)58-55-52-49-46-43-24-21-18-15-12-9-6-3)72-66(69)60-57-54-51-48-45-42-40-38-35-30-28-26-23-20-17-14-11-8-5-2/h8,11,17,20,22,25-26,28-29,31,33-35,38,42,45,51,54,63H,4-7,9-10,12-16,18-19,21,23-24,27,30,32,36-37,39-41,43-44,46-50,52-53,55-62H2,1-3H3/b11-8-,20-17-,25-22-,28-26-,31-29-,34-33-,38-35-,45-42-,54-51-. The van der Waals surface area contributed by atoms with E-state index >= 15 is 0 Å². The van der Waals surface area contributed by atoms with E-state index in [4.69, 9.17) is 14.2 Å². The number of allylic oxidation sites excluding steroid dienone is 18. The van der Waals surface area contributed by atoms with Gasteiger partial charge in [0.05, 0.1) is 0 Å². The highest BCUT2D eigenvalue weighted by Gasteiger charge is 2.19. The average molecular weight is 1000 g/mol. The number of ether oxygens (including phenoxy) is 3. The molecule has 0 heterocycles. The van der Waals surface area contributed by atoms with Crippen molar-refractivity contribution in [3.63, 3.8) is 0 Å². The molecule has 0 bridgehead atoms. The zero-order valence-electron chi connectivity index (χ0n) is 46.9. The molecule has 0 saturated heterocycles. The monoisotopic (exact) mass is 999 g/mol. The van der Waals surface area contributed by atoms with E-state index < -0.39 is 12.1 Å². The molecule has 0 rings (SSSR count). The zero-order valence-corrected chi connectivity index (χ0v) is 46.9. The smallest absolute Gasteiger partial charge is 0.306 e. The van der Waals surface area contributed by atoms with E-state index in [0.29, 0.717) is 19.3 Å². The summed E-state index contributed by atoms with van der Waals surface area (Å²) >= 11 is 0. The zero-order chi connectivity index (χ0) is 52.2. The molecule has 0 aromatic carbocycles. The van der Waals surface area contributed by atoms with Crippen molar-refractivity contribution in [1.82, 2.24) is 0 Å². The molecule has 0 saturated carbocycles. The van der Waals surface area contributed by atoms with Crippen molar-refractivity contribution in [1.29, 1.82) is 0 Å². The number of esters is 3. The number of carbonyl (C=O) groups is 3. The first kappa shape index (κ1) is 68.1. The van der Waals surface area contributed by atoms with Crippen LogP contribution < -0.4 is 0 Å². The van der Waals surface area contributed by atoms with Gasteiger partial charge in [0.2, 0.25) is 0 Å².